The Bertz CT molecular complexity index is 945. The second kappa shape index (κ2) is 9.05. The van der Waals surface area contributed by atoms with Crippen LogP contribution in [0.3, 0.4) is 0 Å². The first-order valence-corrected chi connectivity index (χ1v) is 9.99. The molecule has 0 bridgehead atoms. The molecular weight excluding hydrogens is 430 g/mol. The number of rotatable bonds is 7. The van der Waals surface area contributed by atoms with E-state index < -0.39 is 0 Å². The lowest BCUT2D eigenvalue weighted by atomic mass is 10.2. The molecule has 3 aromatic rings. The summed E-state index contributed by atoms with van der Waals surface area (Å²) in [4.78, 5) is 12.1. The van der Waals surface area contributed by atoms with Crippen LogP contribution in [-0.2, 0) is 11.4 Å². The Morgan fingerprint density at radius 1 is 1.19 bits per heavy atom. The van der Waals surface area contributed by atoms with Gasteiger partial charge in [0.25, 0.3) is 11.1 Å². The van der Waals surface area contributed by atoms with Crippen LogP contribution in [0.4, 0.5) is 5.69 Å². The van der Waals surface area contributed by atoms with Gasteiger partial charge in [0.05, 0.1) is 5.75 Å². The van der Waals surface area contributed by atoms with Gasteiger partial charge in [0.1, 0.15) is 5.75 Å². The fraction of sp³-hybridized carbons (Fsp3) is 0.211. The molecule has 2 aromatic carbocycles. The number of carbonyl (C=O) groups excluding carboxylic acids is 1. The first-order valence-electron chi connectivity index (χ1n) is 8.21. The largest absolute Gasteiger partial charge is 0.484 e. The highest BCUT2D eigenvalue weighted by molar-refractivity contribution is 9.10. The molecule has 140 valence electrons. The first-order chi connectivity index (χ1) is 13.0. The number of aryl methyl sites for hydroxylation is 2. The van der Waals surface area contributed by atoms with E-state index in [4.69, 9.17) is 9.15 Å². The number of amides is 1. The highest BCUT2D eigenvalue weighted by atomic mass is 79.9. The summed E-state index contributed by atoms with van der Waals surface area (Å²) < 4.78 is 12.1. The molecule has 0 atom stereocenters. The van der Waals surface area contributed by atoms with Gasteiger partial charge in [-0.15, -0.1) is 10.2 Å². The minimum absolute atomic E-state index is 0.147. The van der Waals surface area contributed by atoms with E-state index in [1.54, 1.807) is 0 Å². The van der Waals surface area contributed by atoms with Crippen molar-refractivity contribution in [2.45, 2.75) is 25.7 Å². The number of anilines is 1. The highest BCUT2D eigenvalue weighted by Gasteiger charge is 2.11. The van der Waals surface area contributed by atoms with Crippen molar-refractivity contribution in [1.29, 1.82) is 0 Å². The highest BCUT2D eigenvalue weighted by Crippen LogP contribution is 2.22. The molecule has 1 N–H and O–H groups in total. The Kier molecular flexibility index (Phi) is 6.52. The molecule has 27 heavy (non-hydrogen) atoms. The maximum atomic E-state index is 12.1. The van der Waals surface area contributed by atoms with E-state index >= 15 is 0 Å². The molecule has 0 radical (unpaired) electrons. The van der Waals surface area contributed by atoms with E-state index in [2.05, 4.69) is 31.4 Å². The lowest BCUT2D eigenvalue weighted by Gasteiger charge is -2.06. The Hall–Kier alpha value is -2.32. The van der Waals surface area contributed by atoms with Crippen LogP contribution in [-0.4, -0.2) is 21.9 Å². The van der Waals surface area contributed by atoms with E-state index in [1.807, 2.05) is 56.3 Å². The Balaban J connectivity index is 1.48. The normalized spacial score (nSPS) is 10.6. The summed E-state index contributed by atoms with van der Waals surface area (Å²) in [6, 6.07) is 13.4. The molecule has 8 heteroatoms. The maximum Gasteiger partial charge on any atom is 0.277 e. The SMILES string of the molecule is Cc1ccc(NC(=O)CSc2nnc(COc3ccccc3C)o2)cc1Br. The van der Waals surface area contributed by atoms with Gasteiger partial charge in [-0.25, -0.2) is 0 Å². The smallest absolute Gasteiger partial charge is 0.277 e. The fourth-order valence-corrected chi connectivity index (χ4v) is 3.17. The monoisotopic (exact) mass is 447 g/mol. The van der Waals surface area contributed by atoms with Crippen LogP contribution in [0.25, 0.3) is 0 Å². The topological polar surface area (TPSA) is 77.2 Å². The van der Waals surface area contributed by atoms with Crippen LogP contribution in [0.2, 0.25) is 0 Å². The predicted molar refractivity (Wildman–Crippen MR) is 108 cm³/mol. The third kappa shape index (κ3) is 5.58. The number of carbonyl (C=O) groups is 1. The molecule has 1 amide bonds. The van der Waals surface area contributed by atoms with Crippen molar-refractivity contribution in [3.63, 3.8) is 0 Å². The average Bonchev–Trinajstić information content (AvgIpc) is 3.10. The molecule has 1 aromatic heterocycles. The molecule has 1 heterocycles. The van der Waals surface area contributed by atoms with Crippen LogP contribution in [0.5, 0.6) is 5.75 Å². The third-order valence-electron chi connectivity index (χ3n) is 3.68. The van der Waals surface area contributed by atoms with Crippen LogP contribution >= 0.6 is 27.7 Å². The van der Waals surface area contributed by atoms with E-state index in [9.17, 15) is 4.79 Å². The molecule has 0 fully saturated rings. The number of benzene rings is 2. The van der Waals surface area contributed by atoms with Crippen LogP contribution in [0.15, 0.2) is 56.6 Å². The number of nitrogens with one attached hydrogen (secondary N) is 1. The molecule has 0 saturated carbocycles. The number of hydrogen-bond donors (Lipinski definition) is 1. The van der Waals surface area contributed by atoms with E-state index in [1.165, 1.54) is 11.8 Å². The van der Waals surface area contributed by atoms with E-state index in [0.29, 0.717) is 11.1 Å². The summed E-state index contributed by atoms with van der Waals surface area (Å²) in [6.07, 6.45) is 0. The molecular formula is C19H18BrN3O3S. The Labute approximate surface area is 169 Å². The lowest BCUT2D eigenvalue weighted by molar-refractivity contribution is -0.113. The van der Waals surface area contributed by atoms with Crippen LogP contribution in [0, 0.1) is 13.8 Å². The van der Waals surface area contributed by atoms with Gasteiger partial charge in [-0.3, -0.25) is 4.79 Å². The summed E-state index contributed by atoms with van der Waals surface area (Å²) in [5, 5.41) is 11.0. The van der Waals surface area contributed by atoms with E-state index in [0.717, 1.165) is 27.0 Å². The zero-order chi connectivity index (χ0) is 19.2. The number of aromatic nitrogens is 2. The van der Waals surface area contributed by atoms with Gasteiger partial charge >= 0.3 is 0 Å². The summed E-state index contributed by atoms with van der Waals surface area (Å²) in [5.41, 5.74) is 2.87. The van der Waals surface area contributed by atoms with Crippen molar-refractivity contribution >= 4 is 39.3 Å². The maximum absolute atomic E-state index is 12.1. The zero-order valence-electron chi connectivity index (χ0n) is 14.9. The number of para-hydroxylation sites is 1. The number of halogens is 1. The quantitative estimate of drug-likeness (QED) is 0.526. The predicted octanol–water partition coefficient (Wildman–Crippen LogP) is 4.76. The number of ether oxygens (including phenoxy) is 1. The second-order valence-corrected chi connectivity index (χ2v) is 7.60. The van der Waals surface area contributed by atoms with Crippen LogP contribution in [0.1, 0.15) is 17.0 Å². The Morgan fingerprint density at radius 2 is 2.00 bits per heavy atom. The van der Waals surface area contributed by atoms with E-state index in [-0.39, 0.29) is 18.3 Å². The van der Waals surface area contributed by atoms with Crippen molar-refractivity contribution in [2.75, 3.05) is 11.1 Å². The molecule has 0 aliphatic carbocycles. The molecule has 0 aliphatic heterocycles. The Morgan fingerprint density at radius 3 is 2.78 bits per heavy atom. The number of thioether (sulfide) groups is 1. The third-order valence-corrected chi connectivity index (χ3v) is 5.35. The summed E-state index contributed by atoms with van der Waals surface area (Å²) in [5.74, 6) is 1.16. The van der Waals surface area contributed by atoms with Gasteiger partial charge in [-0.1, -0.05) is 52.0 Å². The van der Waals surface area contributed by atoms with Gasteiger partial charge in [-0.05, 0) is 43.2 Å². The molecule has 0 saturated heterocycles. The van der Waals surface area contributed by atoms with Gasteiger partial charge in [-0.2, -0.15) is 0 Å². The molecule has 0 spiro atoms. The van der Waals surface area contributed by atoms with Crippen LogP contribution < -0.4 is 10.1 Å². The van der Waals surface area contributed by atoms with Gasteiger partial charge in [0.2, 0.25) is 5.91 Å². The van der Waals surface area contributed by atoms with Gasteiger partial charge in [0.15, 0.2) is 6.61 Å². The average molecular weight is 448 g/mol. The standard InChI is InChI=1S/C19H18BrN3O3S/c1-12-7-8-14(9-15(12)20)21-17(24)11-27-19-23-22-18(26-19)10-25-16-6-4-3-5-13(16)2/h3-9H,10-11H2,1-2H3,(H,21,24). The number of hydrogen-bond acceptors (Lipinski definition) is 6. The van der Waals surface area contributed by atoms with Crippen molar-refractivity contribution in [3.8, 4) is 5.75 Å². The lowest BCUT2D eigenvalue weighted by Crippen LogP contribution is -2.14. The van der Waals surface area contributed by atoms with Crippen molar-refractivity contribution < 1.29 is 13.9 Å². The second-order valence-electron chi connectivity index (χ2n) is 5.82. The van der Waals surface area contributed by atoms with Gasteiger partial charge in [0, 0.05) is 10.2 Å². The molecule has 3 rings (SSSR count). The molecule has 6 nitrogen and oxygen atoms in total. The van der Waals surface area contributed by atoms with Gasteiger partial charge < -0.3 is 14.5 Å². The minimum atomic E-state index is -0.147. The van der Waals surface area contributed by atoms with Crippen molar-refractivity contribution in [1.82, 2.24) is 10.2 Å². The first kappa shape index (κ1) is 19.4. The van der Waals surface area contributed by atoms with Crippen molar-refractivity contribution in [2.24, 2.45) is 0 Å². The zero-order valence-corrected chi connectivity index (χ0v) is 17.3. The molecule has 0 unspecified atom stereocenters. The minimum Gasteiger partial charge on any atom is -0.484 e. The van der Waals surface area contributed by atoms with Crippen molar-refractivity contribution in [3.05, 3.63) is 64.0 Å². The summed E-state index contributed by atoms with van der Waals surface area (Å²) >= 11 is 4.63. The summed E-state index contributed by atoms with van der Waals surface area (Å²) in [6.45, 7) is 4.14. The summed E-state index contributed by atoms with van der Waals surface area (Å²) in [7, 11) is 0. The fourth-order valence-electron chi connectivity index (χ4n) is 2.21. The number of nitrogens with zero attached hydrogens (tertiary/aromatic N) is 2. The molecule has 0 aliphatic rings.